The average Bonchev–Trinajstić information content (AvgIpc) is 2.68. The van der Waals surface area contributed by atoms with Gasteiger partial charge in [-0.1, -0.05) is 29.8 Å². The van der Waals surface area contributed by atoms with E-state index >= 15 is 0 Å². The van der Waals surface area contributed by atoms with Gasteiger partial charge in [0.2, 0.25) is 5.91 Å². The maximum Gasteiger partial charge on any atom is 0.338 e. The first-order valence-electron chi connectivity index (χ1n) is 9.42. The van der Waals surface area contributed by atoms with Gasteiger partial charge in [-0.05, 0) is 43.7 Å². The molecule has 1 fully saturated rings. The molecule has 0 atom stereocenters. The van der Waals surface area contributed by atoms with Crippen LogP contribution in [-0.4, -0.2) is 49.6 Å². The van der Waals surface area contributed by atoms with Crippen LogP contribution in [0.15, 0.2) is 48.5 Å². The van der Waals surface area contributed by atoms with E-state index in [9.17, 15) is 9.59 Å². The smallest absolute Gasteiger partial charge is 0.338 e. The highest BCUT2D eigenvalue weighted by molar-refractivity contribution is 5.89. The third kappa shape index (κ3) is 4.88. The Kier molecular flexibility index (Phi) is 6.12. The Morgan fingerprint density at radius 3 is 2.33 bits per heavy atom. The van der Waals surface area contributed by atoms with Crippen molar-refractivity contribution in [1.29, 1.82) is 0 Å². The number of carbonyl (C=O) groups is 2. The standard InChI is InChI=1S/C22H26N2O3/c1-3-27-22(26)19-7-9-20(10-8-19)23-11-13-24(14-12-23)21(25)16-18-6-4-5-17(2)15-18/h4-10,15H,3,11-14,16H2,1-2H3. The van der Waals surface area contributed by atoms with Crippen LogP contribution in [0.4, 0.5) is 5.69 Å². The maximum atomic E-state index is 12.6. The monoisotopic (exact) mass is 366 g/mol. The highest BCUT2D eigenvalue weighted by Gasteiger charge is 2.21. The van der Waals surface area contributed by atoms with E-state index in [-0.39, 0.29) is 11.9 Å². The van der Waals surface area contributed by atoms with E-state index < -0.39 is 0 Å². The van der Waals surface area contributed by atoms with Gasteiger partial charge in [0.15, 0.2) is 0 Å². The first-order chi connectivity index (χ1) is 13.1. The number of piperazine rings is 1. The molecule has 1 aliphatic heterocycles. The van der Waals surface area contributed by atoms with Crippen molar-refractivity contribution in [3.8, 4) is 0 Å². The summed E-state index contributed by atoms with van der Waals surface area (Å²) in [5, 5.41) is 0. The van der Waals surface area contributed by atoms with Gasteiger partial charge in [0.1, 0.15) is 0 Å². The number of carbonyl (C=O) groups excluding carboxylic acids is 2. The molecule has 0 radical (unpaired) electrons. The van der Waals surface area contributed by atoms with Crippen LogP contribution >= 0.6 is 0 Å². The quantitative estimate of drug-likeness (QED) is 0.763. The highest BCUT2D eigenvalue weighted by atomic mass is 16.5. The largest absolute Gasteiger partial charge is 0.462 e. The fraction of sp³-hybridized carbons (Fsp3) is 0.364. The van der Waals surface area contributed by atoms with Crippen molar-refractivity contribution in [2.24, 2.45) is 0 Å². The molecule has 0 aromatic heterocycles. The summed E-state index contributed by atoms with van der Waals surface area (Å²) in [6, 6.07) is 15.6. The summed E-state index contributed by atoms with van der Waals surface area (Å²) in [5.74, 6) is -0.117. The first kappa shape index (κ1) is 19.0. The predicted molar refractivity (Wildman–Crippen MR) is 106 cm³/mol. The second-order valence-corrected chi connectivity index (χ2v) is 6.80. The number of aryl methyl sites for hydroxylation is 1. The van der Waals surface area contributed by atoms with Crippen molar-refractivity contribution in [2.45, 2.75) is 20.3 Å². The van der Waals surface area contributed by atoms with Crippen LogP contribution in [0.5, 0.6) is 0 Å². The Labute approximate surface area is 160 Å². The second kappa shape index (κ2) is 8.71. The number of hydrogen-bond acceptors (Lipinski definition) is 4. The first-order valence-corrected chi connectivity index (χ1v) is 9.42. The third-order valence-electron chi connectivity index (χ3n) is 4.81. The zero-order chi connectivity index (χ0) is 19.2. The molecule has 5 nitrogen and oxygen atoms in total. The summed E-state index contributed by atoms with van der Waals surface area (Å²) >= 11 is 0. The average molecular weight is 366 g/mol. The minimum absolute atomic E-state index is 0.179. The van der Waals surface area contributed by atoms with Crippen molar-refractivity contribution in [3.05, 3.63) is 65.2 Å². The molecule has 142 valence electrons. The van der Waals surface area contributed by atoms with Crippen LogP contribution in [0.3, 0.4) is 0 Å². The van der Waals surface area contributed by atoms with Gasteiger partial charge in [0.25, 0.3) is 0 Å². The Morgan fingerprint density at radius 2 is 1.70 bits per heavy atom. The molecule has 0 aliphatic carbocycles. The molecule has 0 spiro atoms. The van der Waals surface area contributed by atoms with Crippen molar-refractivity contribution >= 4 is 17.6 Å². The topological polar surface area (TPSA) is 49.9 Å². The lowest BCUT2D eigenvalue weighted by molar-refractivity contribution is -0.130. The molecule has 1 amide bonds. The van der Waals surface area contributed by atoms with E-state index in [4.69, 9.17) is 4.74 Å². The molecule has 1 saturated heterocycles. The molecule has 5 heteroatoms. The molecule has 0 N–H and O–H groups in total. The molecule has 27 heavy (non-hydrogen) atoms. The SMILES string of the molecule is CCOC(=O)c1ccc(N2CCN(C(=O)Cc3cccc(C)c3)CC2)cc1. The third-order valence-corrected chi connectivity index (χ3v) is 4.81. The summed E-state index contributed by atoms with van der Waals surface area (Å²) in [7, 11) is 0. The Hall–Kier alpha value is -2.82. The molecule has 0 bridgehead atoms. The number of esters is 1. The van der Waals surface area contributed by atoms with Gasteiger partial charge in [0, 0.05) is 31.9 Å². The van der Waals surface area contributed by atoms with Crippen molar-refractivity contribution in [1.82, 2.24) is 4.90 Å². The summed E-state index contributed by atoms with van der Waals surface area (Å²) in [6.07, 6.45) is 0.454. The highest BCUT2D eigenvalue weighted by Crippen LogP contribution is 2.18. The van der Waals surface area contributed by atoms with E-state index in [1.807, 2.05) is 42.2 Å². The maximum absolute atomic E-state index is 12.6. The normalized spacial score (nSPS) is 14.1. The number of amides is 1. The molecule has 2 aromatic rings. The molecule has 1 heterocycles. The lowest BCUT2D eigenvalue weighted by atomic mass is 10.1. The Balaban J connectivity index is 1.54. The van der Waals surface area contributed by atoms with E-state index in [2.05, 4.69) is 11.0 Å². The van der Waals surface area contributed by atoms with Crippen molar-refractivity contribution < 1.29 is 14.3 Å². The lowest BCUT2D eigenvalue weighted by Gasteiger charge is -2.36. The van der Waals surface area contributed by atoms with Crippen LogP contribution in [0, 0.1) is 6.92 Å². The molecule has 2 aromatic carbocycles. The number of benzene rings is 2. The van der Waals surface area contributed by atoms with Crippen LogP contribution in [0.25, 0.3) is 0 Å². The Bertz CT molecular complexity index is 793. The summed E-state index contributed by atoms with van der Waals surface area (Å²) in [4.78, 5) is 28.5. The minimum atomic E-state index is -0.296. The molecule has 0 saturated carbocycles. The lowest BCUT2D eigenvalue weighted by Crippen LogP contribution is -2.49. The van der Waals surface area contributed by atoms with Gasteiger partial charge in [-0.2, -0.15) is 0 Å². The van der Waals surface area contributed by atoms with Gasteiger partial charge in [-0.3, -0.25) is 4.79 Å². The molecule has 1 aliphatic rings. The van der Waals surface area contributed by atoms with E-state index in [1.54, 1.807) is 19.1 Å². The van der Waals surface area contributed by atoms with Crippen molar-refractivity contribution in [3.63, 3.8) is 0 Å². The Morgan fingerprint density at radius 1 is 1.00 bits per heavy atom. The number of anilines is 1. The van der Waals surface area contributed by atoms with E-state index in [0.29, 0.717) is 31.7 Å². The van der Waals surface area contributed by atoms with Crippen LogP contribution < -0.4 is 4.90 Å². The van der Waals surface area contributed by atoms with Gasteiger partial charge >= 0.3 is 5.97 Å². The van der Waals surface area contributed by atoms with Gasteiger partial charge < -0.3 is 14.5 Å². The number of rotatable bonds is 5. The summed E-state index contributed by atoms with van der Waals surface area (Å²) < 4.78 is 5.01. The van der Waals surface area contributed by atoms with Crippen LogP contribution in [0.2, 0.25) is 0 Å². The second-order valence-electron chi connectivity index (χ2n) is 6.80. The number of hydrogen-bond donors (Lipinski definition) is 0. The van der Waals surface area contributed by atoms with Crippen LogP contribution in [-0.2, 0) is 16.0 Å². The van der Waals surface area contributed by atoms with Gasteiger partial charge in [-0.15, -0.1) is 0 Å². The van der Waals surface area contributed by atoms with Crippen molar-refractivity contribution in [2.75, 3.05) is 37.7 Å². The number of nitrogens with zero attached hydrogens (tertiary/aromatic N) is 2. The molecular weight excluding hydrogens is 340 g/mol. The molecule has 0 unspecified atom stereocenters. The molecule has 3 rings (SSSR count). The zero-order valence-electron chi connectivity index (χ0n) is 16.0. The van der Waals surface area contributed by atoms with Gasteiger partial charge in [-0.25, -0.2) is 4.79 Å². The summed E-state index contributed by atoms with van der Waals surface area (Å²) in [6.45, 7) is 7.22. The fourth-order valence-electron chi connectivity index (χ4n) is 3.35. The van der Waals surface area contributed by atoms with E-state index in [0.717, 1.165) is 24.3 Å². The fourth-order valence-corrected chi connectivity index (χ4v) is 3.35. The molecular formula is C22H26N2O3. The number of ether oxygens (including phenoxy) is 1. The van der Waals surface area contributed by atoms with Crippen LogP contribution in [0.1, 0.15) is 28.4 Å². The predicted octanol–water partition coefficient (Wildman–Crippen LogP) is 3.06. The summed E-state index contributed by atoms with van der Waals surface area (Å²) in [5.41, 5.74) is 3.87. The van der Waals surface area contributed by atoms with E-state index in [1.165, 1.54) is 5.56 Å². The minimum Gasteiger partial charge on any atom is -0.462 e. The van der Waals surface area contributed by atoms with Gasteiger partial charge in [0.05, 0.1) is 18.6 Å². The zero-order valence-corrected chi connectivity index (χ0v) is 16.0.